The van der Waals surface area contributed by atoms with E-state index in [0.29, 0.717) is 12.1 Å². The monoisotopic (exact) mass is 387 g/mol. The van der Waals surface area contributed by atoms with Crippen LogP contribution in [0.25, 0.3) is 11.1 Å². The quantitative estimate of drug-likeness (QED) is 0.670. The van der Waals surface area contributed by atoms with Gasteiger partial charge < -0.3 is 14.8 Å². The van der Waals surface area contributed by atoms with Gasteiger partial charge in [0.1, 0.15) is 12.4 Å². The first kappa shape index (κ1) is 18.7. The number of fused-ring (bicyclic) bond motifs is 1. The summed E-state index contributed by atoms with van der Waals surface area (Å²) in [6.45, 7) is -0.0750. The van der Waals surface area contributed by atoms with E-state index >= 15 is 0 Å². The van der Waals surface area contributed by atoms with Gasteiger partial charge in [0.25, 0.3) is 5.91 Å². The number of ether oxygens (including phenoxy) is 2. The molecule has 0 saturated carbocycles. The van der Waals surface area contributed by atoms with Crippen molar-refractivity contribution in [1.82, 2.24) is 0 Å². The Bertz CT molecular complexity index is 1020. The highest BCUT2D eigenvalue weighted by atomic mass is 16.5. The number of rotatable bonds is 5. The van der Waals surface area contributed by atoms with E-state index in [1.807, 2.05) is 78.9 Å². The van der Waals surface area contributed by atoms with Crippen molar-refractivity contribution in [3.8, 4) is 16.9 Å². The van der Waals surface area contributed by atoms with E-state index in [9.17, 15) is 9.59 Å². The van der Waals surface area contributed by atoms with Crippen LogP contribution in [0.1, 0.15) is 5.56 Å². The van der Waals surface area contributed by atoms with Crippen molar-refractivity contribution in [1.29, 1.82) is 0 Å². The highest BCUT2D eigenvalue weighted by molar-refractivity contribution is 5.97. The van der Waals surface area contributed by atoms with Crippen molar-refractivity contribution < 1.29 is 19.1 Å². The van der Waals surface area contributed by atoms with Gasteiger partial charge in [0, 0.05) is 11.3 Å². The topological polar surface area (TPSA) is 64.6 Å². The summed E-state index contributed by atoms with van der Waals surface area (Å²) < 4.78 is 10.9. The minimum Gasteiger partial charge on any atom is -0.492 e. The maximum Gasteiger partial charge on any atom is 0.313 e. The van der Waals surface area contributed by atoms with Gasteiger partial charge in [0.2, 0.25) is 0 Å². The second-order valence-electron chi connectivity index (χ2n) is 6.89. The van der Waals surface area contributed by atoms with Crippen LogP contribution in [0.15, 0.2) is 78.9 Å². The predicted molar refractivity (Wildman–Crippen MR) is 111 cm³/mol. The molecule has 3 aromatic rings. The predicted octanol–water partition coefficient (Wildman–Crippen LogP) is 4.09. The molecule has 1 atom stereocenters. The van der Waals surface area contributed by atoms with Gasteiger partial charge in [-0.05, 0) is 29.7 Å². The van der Waals surface area contributed by atoms with E-state index in [1.54, 1.807) is 0 Å². The summed E-state index contributed by atoms with van der Waals surface area (Å²) in [6.07, 6.45) is 0.549. The Balaban J connectivity index is 1.35. The third-order valence-electron chi connectivity index (χ3n) is 4.84. The summed E-state index contributed by atoms with van der Waals surface area (Å²) in [5.74, 6) is -0.411. The van der Waals surface area contributed by atoms with Crippen LogP contribution in [0.4, 0.5) is 5.69 Å². The molecule has 5 nitrogen and oxygen atoms in total. The molecule has 0 bridgehead atoms. The molecule has 0 radical (unpaired) electrons. The molecule has 1 amide bonds. The molecule has 0 aliphatic carbocycles. The molecule has 4 rings (SSSR count). The lowest BCUT2D eigenvalue weighted by Crippen LogP contribution is -2.32. The SMILES string of the molecule is O=C(COC(=O)C1COc2ccccc2C1)Nc1ccccc1-c1ccccc1. The van der Waals surface area contributed by atoms with Crippen molar-refractivity contribution in [2.24, 2.45) is 5.92 Å². The molecule has 0 saturated heterocycles. The maximum atomic E-state index is 12.4. The van der Waals surface area contributed by atoms with Gasteiger partial charge in [-0.25, -0.2) is 0 Å². The van der Waals surface area contributed by atoms with Crippen molar-refractivity contribution in [2.45, 2.75) is 6.42 Å². The Morgan fingerprint density at radius 2 is 1.66 bits per heavy atom. The largest absolute Gasteiger partial charge is 0.492 e. The van der Waals surface area contributed by atoms with Crippen LogP contribution in [0.2, 0.25) is 0 Å². The fourth-order valence-electron chi connectivity index (χ4n) is 3.38. The maximum absolute atomic E-state index is 12.4. The zero-order chi connectivity index (χ0) is 20.1. The molecular weight excluding hydrogens is 366 g/mol. The van der Waals surface area contributed by atoms with Crippen LogP contribution in [0.3, 0.4) is 0 Å². The highest BCUT2D eigenvalue weighted by Crippen LogP contribution is 2.28. The fraction of sp³-hybridized carbons (Fsp3) is 0.167. The summed E-state index contributed by atoms with van der Waals surface area (Å²) in [7, 11) is 0. The Hall–Kier alpha value is -3.60. The van der Waals surface area contributed by atoms with Gasteiger partial charge in [-0.15, -0.1) is 0 Å². The molecule has 1 heterocycles. The molecular formula is C24H21NO4. The van der Waals surface area contributed by atoms with Crippen molar-refractivity contribution in [3.63, 3.8) is 0 Å². The van der Waals surface area contributed by atoms with Crippen molar-refractivity contribution in [3.05, 3.63) is 84.4 Å². The van der Waals surface area contributed by atoms with Crippen LogP contribution >= 0.6 is 0 Å². The molecule has 3 aromatic carbocycles. The van der Waals surface area contributed by atoms with Crippen LogP contribution in [-0.2, 0) is 20.7 Å². The van der Waals surface area contributed by atoms with Crippen LogP contribution in [0, 0.1) is 5.92 Å². The zero-order valence-corrected chi connectivity index (χ0v) is 15.8. The average Bonchev–Trinajstić information content (AvgIpc) is 2.78. The number of hydrogen-bond donors (Lipinski definition) is 1. The van der Waals surface area contributed by atoms with Crippen molar-refractivity contribution in [2.75, 3.05) is 18.5 Å². The van der Waals surface area contributed by atoms with E-state index in [4.69, 9.17) is 9.47 Å². The molecule has 1 aliphatic rings. The Labute approximate surface area is 169 Å². The van der Waals surface area contributed by atoms with Crippen LogP contribution in [0.5, 0.6) is 5.75 Å². The standard InChI is InChI=1S/C24H21NO4/c26-23(25-21-12-6-5-11-20(21)17-8-2-1-3-9-17)16-29-24(27)19-14-18-10-4-7-13-22(18)28-15-19/h1-13,19H,14-16H2,(H,25,26). The molecule has 0 spiro atoms. The number of anilines is 1. The van der Waals surface area contributed by atoms with Gasteiger partial charge in [-0.1, -0.05) is 66.7 Å². The Morgan fingerprint density at radius 1 is 0.931 bits per heavy atom. The van der Waals surface area contributed by atoms with Gasteiger partial charge in [-0.2, -0.15) is 0 Å². The number of hydrogen-bond acceptors (Lipinski definition) is 4. The minimum absolute atomic E-state index is 0.258. The lowest BCUT2D eigenvalue weighted by Gasteiger charge is -2.23. The minimum atomic E-state index is -0.425. The number of carbonyl (C=O) groups is 2. The van der Waals surface area contributed by atoms with E-state index in [0.717, 1.165) is 22.4 Å². The molecule has 0 aromatic heterocycles. The molecule has 29 heavy (non-hydrogen) atoms. The fourth-order valence-corrected chi connectivity index (χ4v) is 3.38. The van der Waals surface area contributed by atoms with E-state index in [1.165, 1.54) is 0 Å². The number of esters is 1. The lowest BCUT2D eigenvalue weighted by atomic mass is 9.97. The first-order chi connectivity index (χ1) is 14.2. The summed E-state index contributed by atoms with van der Waals surface area (Å²) in [6, 6.07) is 24.9. The molecule has 1 aliphatic heterocycles. The smallest absolute Gasteiger partial charge is 0.313 e. The van der Waals surface area contributed by atoms with E-state index in [-0.39, 0.29) is 19.1 Å². The van der Waals surface area contributed by atoms with Gasteiger partial charge >= 0.3 is 5.97 Å². The Kier molecular flexibility index (Phi) is 5.56. The van der Waals surface area contributed by atoms with Gasteiger partial charge in [0.15, 0.2) is 6.61 Å². The van der Waals surface area contributed by atoms with E-state index < -0.39 is 11.9 Å². The van der Waals surface area contributed by atoms with Crippen LogP contribution < -0.4 is 10.1 Å². The summed E-state index contributed by atoms with van der Waals surface area (Å²) in [5.41, 5.74) is 3.56. The molecule has 146 valence electrons. The normalized spacial score (nSPS) is 15.0. The van der Waals surface area contributed by atoms with Crippen LogP contribution in [-0.4, -0.2) is 25.1 Å². The third-order valence-corrected chi connectivity index (χ3v) is 4.84. The number of amides is 1. The first-order valence-electron chi connectivity index (χ1n) is 9.52. The van der Waals surface area contributed by atoms with Crippen molar-refractivity contribution >= 4 is 17.6 Å². The lowest BCUT2D eigenvalue weighted by molar-refractivity contribution is -0.152. The summed E-state index contributed by atoms with van der Waals surface area (Å²) in [5, 5.41) is 2.84. The summed E-state index contributed by atoms with van der Waals surface area (Å²) in [4.78, 5) is 24.7. The number of carbonyl (C=O) groups excluding carboxylic acids is 2. The zero-order valence-electron chi connectivity index (χ0n) is 15.8. The average molecular weight is 387 g/mol. The molecule has 1 N–H and O–H groups in total. The second-order valence-corrected chi connectivity index (χ2v) is 6.89. The summed E-state index contributed by atoms with van der Waals surface area (Å²) >= 11 is 0. The molecule has 5 heteroatoms. The second kappa shape index (κ2) is 8.61. The van der Waals surface area contributed by atoms with Gasteiger partial charge in [-0.3, -0.25) is 9.59 Å². The van der Waals surface area contributed by atoms with E-state index in [2.05, 4.69) is 5.32 Å². The molecule has 1 unspecified atom stereocenters. The Morgan fingerprint density at radius 3 is 2.52 bits per heavy atom. The first-order valence-corrected chi connectivity index (χ1v) is 9.52. The highest BCUT2D eigenvalue weighted by Gasteiger charge is 2.27. The van der Waals surface area contributed by atoms with Gasteiger partial charge in [0.05, 0.1) is 5.92 Å². The number of benzene rings is 3. The molecule has 0 fully saturated rings. The third kappa shape index (κ3) is 4.46. The number of nitrogens with one attached hydrogen (secondary N) is 1. The number of para-hydroxylation sites is 2.